The number of anilines is 1. The third kappa shape index (κ3) is 7.28. The molecule has 0 spiro atoms. The number of rotatable bonds is 11. The lowest BCUT2D eigenvalue weighted by Crippen LogP contribution is -2.52. The van der Waals surface area contributed by atoms with Crippen LogP contribution in [-0.4, -0.2) is 43.8 Å². The zero-order valence-corrected chi connectivity index (χ0v) is 23.8. The number of hydrogen-bond donors (Lipinski definition) is 1. The van der Waals surface area contributed by atoms with Crippen LogP contribution in [0.2, 0.25) is 10.0 Å². The van der Waals surface area contributed by atoms with Crippen molar-refractivity contribution in [2.75, 3.05) is 10.8 Å². The topological polar surface area (TPSA) is 86.8 Å². The fraction of sp³-hybridized carbons (Fsp3) is 0.286. The van der Waals surface area contributed by atoms with E-state index in [-0.39, 0.29) is 29.1 Å². The van der Waals surface area contributed by atoms with Crippen LogP contribution in [0.1, 0.15) is 32.8 Å². The van der Waals surface area contributed by atoms with Crippen LogP contribution in [0.25, 0.3) is 0 Å². The summed E-state index contributed by atoms with van der Waals surface area (Å²) in [5.74, 6) is -0.920. The molecule has 10 heteroatoms. The maximum atomic E-state index is 13.9. The van der Waals surface area contributed by atoms with Crippen LogP contribution < -0.4 is 9.62 Å². The zero-order chi connectivity index (χ0) is 27.9. The van der Waals surface area contributed by atoms with Gasteiger partial charge in [-0.3, -0.25) is 13.9 Å². The van der Waals surface area contributed by atoms with Crippen molar-refractivity contribution in [2.24, 2.45) is 0 Å². The monoisotopic (exact) mass is 575 g/mol. The average Bonchev–Trinajstić information content (AvgIpc) is 2.91. The van der Waals surface area contributed by atoms with E-state index in [1.807, 2.05) is 13.8 Å². The van der Waals surface area contributed by atoms with Crippen molar-refractivity contribution in [3.63, 3.8) is 0 Å². The van der Waals surface area contributed by atoms with Crippen LogP contribution in [0, 0.1) is 0 Å². The van der Waals surface area contributed by atoms with Gasteiger partial charge >= 0.3 is 0 Å². The van der Waals surface area contributed by atoms with E-state index in [4.69, 9.17) is 23.2 Å². The summed E-state index contributed by atoms with van der Waals surface area (Å²) < 4.78 is 28.4. The quantitative estimate of drug-likeness (QED) is 0.326. The zero-order valence-electron chi connectivity index (χ0n) is 21.5. The molecule has 0 fully saturated rings. The lowest BCUT2D eigenvalue weighted by molar-refractivity contribution is -0.139. The Morgan fingerprint density at radius 3 is 2.21 bits per heavy atom. The van der Waals surface area contributed by atoms with Crippen LogP contribution >= 0.6 is 23.2 Å². The fourth-order valence-corrected chi connectivity index (χ4v) is 5.55. The summed E-state index contributed by atoms with van der Waals surface area (Å²) >= 11 is 12.6. The molecule has 3 rings (SSSR count). The Morgan fingerprint density at radius 1 is 0.921 bits per heavy atom. The molecule has 0 heterocycles. The number of nitrogens with zero attached hydrogens (tertiary/aromatic N) is 2. The Balaban J connectivity index is 2.03. The highest BCUT2D eigenvalue weighted by atomic mass is 35.5. The molecule has 7 nitrogen and oxygen atoms in total. The molecule has 0 aromatic heterocycles. The van der Waals surface area contributed by atoms with E-state index in [0.717, 1.165) is 10.7 Å². The summed E-state index contributed by atoms with van der Waals surface area (Å²) in [7, 11) is -4.15. The number of hydrogen-bond acceptors (Lipinski definition) is 4. The van der Waals surface area contributed by atoms with Crippen molar-refractivity contribution in [1.29, 1.82) is 0 Å². The Labute approximate surface area is 234 Å². The molecular formula is C28H31Cl2N3O4S. The van der Waals surface area contributed by atoms with Gasteiger partial charge in [0.1, 0.15) is 12.6 Å². The predicted molar refractivity (Wildman–Crippen MR) is 152 cm³/mol. The molecule has 3 aromatic rings. The first kappa shape index (κ1) is 29.5. The summed E-state index contributed by atoms with van der Waals surface area (Å²) in [6.45, 7) is 4.89. The first-order chi connectivity index (χ1) is 18.0. The Kier molecular flexibility index (Phi) is 10.2. The van der Waals surface area contributed by atoms with Gasteiger partial charge in [0.25, 0.3) is 10.0 Å². The molecule has 0 radical (unpaired) electrons. The highest BCUT2D eigenvalue weighted by molar-refractivity contribution is 7.92. The van der Waals surface area contributed by atoms with E-state index in [1.54, 1.807) is 67.6 Å². The highest BCUT2D eigenvalue weighted by Crippen LogP contribution is 2.27. The molecule has 0 aliphatic rings. The van der Waals surface area contributed by atoms with Gasteiger partial charge in [-0.25, -0.2) is 8.42 Å². The van der Waals surface area contributed by atoms with Crippen LogP contribution in [0.15, 0.2) is 83.8 Å². The molecular weight excluding hydrogens is 545 g/mol. The number of carbonyl (C=O) groups excluding carboxylic acids is 2. The van der Waals surface area contributed by atoms with Gasteiger partial charge in [0.2, 0.25) is 11.8 Å². The first-order valence-corrected chi connectivity index (χ1v) is 14.4. The molecule has 0 saturated heterocycles. The smallest absolute Gasteiger partial charge is 0.264 e. The summed E-state index contributed by atoms with van der Waals surface area (Å²) in [4.78, 5) is 28.3. The molecule has 1 N–H and O–H groups in total. The van der Waals surface area contributed by atoms with Crippen molar-refractivity contribution in [3.8, 4) is 0 Å². The number of sulfonamides is 1. The molecule has 0 aliphatic heterocycles. The molecule has 3 aromatic carbocycles. The van der Waals surface area contributed by atoms with Crippen LogP contribution in [0.4, 0.5) is 5.69 Å². The van der Waals surface area contributed by atoms with E-state index >= 15 is 0 Å². The van der Waals surface area contributed by atoms with Crippen molar-refractivity contribution < 1.29 is 18.0 Å². The maximum absolute atomic E-state index is 13.9. The largest absolute Gasteiger partial charge is 0.352 e. The Morgan fingerprint density at radius 2 is 1.58 bits per heavy atom. The van der Waals surface area contributed by atoms with E-state index in [9.17, 15) is 18.0 Å². The minimum absolute atomic E-state index is 0.0162. The first-order valence-electron chi connectivity index (χ1n) is 12.2. The van der Waals surface area contributed by atoms with Crippen molar-refractivity contribution in [3.05, 3.63) is 94.5 Å². The lowest BCUT2D eigenvalue weighted by Gasteiger charge is -2.32. The van der Waals surface area contributed by atoms with Gasteiger partial charge in [-0.2, -0.15) is 0 Å². The SMILES string of the molecule is CC[C@H](C)NC(=O)[C@H](C)N(Cc1ccccc1Cl)C(=O)CN(c1cccc(Cl)c1)S(=O)(=O)c1ccccc1. The van der Waals surface area contributed by atoms with E-state index < -0.39 is 28.5 Å². The number of carbonyl (C=O) groups is 2. The van der Waals surface area contributed by atoms with Gasteiger partial charge < -0.3 is 10.2 Å². The van der Waals surface area contributed by atoms with Crippen molar-refractivity contribution in [1.82, 2.24) is 10.2 Å². The Hall–Kier alpha value is -3.07. The molecule has 0 saturated carbocycles. The van der Waals surface area contributed by atoms with Crippen molar-refractivity contribution in [2.45, 2.75) is 50.7 Å². The second kappa shape index (κ2) is 13.1. The van der Waals surface area contributed by atoms with Gasteiger partial charge in [-0.05, 0) is 62.2 Å². The minimum atomic E-state index is -4.15. The van der Waals surface area contributed by atoms with Gasteiger partial charge in [-0.15, -0.1) is 0 Å². The highest BCUT2D eigenvalue weighted by Gasteiger charge is 2.33. The summed E-state index contributed by atoms with van der Waals surface area (Å²) in [5, 5.41) is 3.65. The van der Waals surface area contributed by atoms with Crippen LogP contribution in [0.5, 0.6) is 0 Å². The number of amides is 2. The molecule has 0 unspecified atom stereocenters. The van der Waals surface area contributed by atoms with Gasteiger partial charge in [0.05, 0.1) is 10.6 Å². The van der Waals surface area contributed by atoms with E-state index in [0.29, 0.717) is 15.6 Å². The van der Waals surface area contributed by atoms with Gasteiger partial charge in [0.15, 0.2) is 0 Å². The molecule has 0 bridgehead atoms. The number of benzene rings is 3. The number of nitrogens with one attached hydrogen (secondary N) is 1. The Bertz CT molecular complexity index is 1370. The number of halogens is 2. The summed E-state index contributed by atoms with van der Waals surface area (Å²) in [6.07, 6.45) is 0.717. The summed E-state index contributed by atoms with van der Waals surface area (Å²) in [6, 6.07) is 20.1. The predicted octanol–water partition coefficient (Wildman–Crippen LogP) is 5.52. The third-order valence-corrected chi connectivity index (χ3v) is 8.57. The second-order valence-corrected chi connectivity index (χ2v) is 11.6. The lowest BCUT2D eigenvalue weighted by atomic mass is 10.1. The van der Waals surface area contributed by atoms with E-state index in [1.165, 1.54) is 23.1 Å². The molecule has 0 aliphatic carbocycles. The average molecular weight is 577 g/mol. The molecule has 202 valence electrons. The molecule has 38 heavy (non-hydrogen) atoms. The van der Waals surface area contributed by atoms with Crippen LogP contribution in [0.3, 0.4) is 0 Å². The van der Waals surface area contributed by atoms with Gasteiger partial charge in [-0.1, -0.05) is 72.6 Å². The second-order valence-electron chi connectivity index (χ2n) is 8.91. The summed E-state index contributed by atoms with van der Waals surface area (Å²) in [5.41, 5.74) is 0.857. The third-order valence-electron chi connectivity index (χ3n) is 6.17. The van der Waals surface area contributed by atoms with Crippen LogP contribution in [-0.2, 0) is 26.2 Å². The molecule has 2 atom stereocenters. The standard InChI is InChI=1S/C28H31Cl2N3O4S/c1-4-20(2)31-28(35)21(3)32(18-22-11-8-9-16-26(22)30)27(34)19-33(24-13-10-12-23(29)17-24)38(36,37)25-14-6-5-7-15-25/h5-17,20-21H,4,18-19H2,1-3H3,(H,31,35)/t20-,21-/m0/s1. The van der Waals surface area contributed by atoms with Gasteiger partial charge in [0, 0.05) is 22.6 Å². The van der Waals surface area contributed by atoms with E-state index in [2.05, 4.69) is 5.32 Å². The normalized spacial score (nSPS) is 12.9. The minimum Gasteiger partial charge on any atom is -0.352 e. The maximum Gasteiger partial charge on any atom is 0.264 e. The molecule has 2 amide bonds. The van der Waals surface area contributed by atoms with Crippen molar-refractivity contribution >= 4 is 50.7 Å². The fourth-order valence-electron chi connectivity index (χ4n) is 3.74.